The number of esters is 1. The van der Waals surface area contributed by atoms with Gasteiger partial charge in [0.15, 0.2) is 5.82 Å². The van der Waals surface area contributed by atoms with Crippen LogP contribution >= 0.6 is 31.9 Å². The van der Waals surface area contributed by atoms with Crippen LogP contribution in [-0.2, 0) is 14.3 Å². The lowest BCUT2D eigenvalue weighted by Gasteiger charge is -2.24. The van der Waals surface area contributed by atoms with Gasteiger partial charge in [-0.05, 0) is 64.5 Å². The summed E-state index contributed by atoms with van der Waals surface area (Å²) in [5.74, 6) is 0.181. The summed E-state index contributed by atoms with van der Waals surface area (Å²) in [5, 5.41) is 2.81. The molecule has 2 rings (SSSR count). The first-order chi connectivity index (χ1) is 12.6. The average molecular weight is 487 g/mol. The van der Waals surface area contributed by atoms with Crippen molar-refractivity contribution in [3.8, 4) is 0 Å². The fourth-order valence-electron chi connectivity index (χ4n) is 2.04. The minimum absolute atomic E-state index is 0. The highest BCUT2D eigenvalue weighted by molar-refractivity contribution is 9.11. The number of carbonyl (C=O) groups is 1. The van der Waals surface area contributed by atoms with Crippen molar-refractivity contribution in [2.45, 2.75) is 52.2 Å². The molecule has 0 bridgehead atoms. The third-order valence-corrected chi connectivity index (χ3v) is 4.23. The highest BCUT2D eigenvalue weighted by Crippen LogP contribution is 2.19. The number of methoxy groups -OCH3 is 1. The Hall–Kier alpha value is -0.770. The lowest BCUT2D eigenvalue weighted by molar-refractivity contribution is -0.140. The zero-order chi connectivity index (χ0) is 20.4. The molecule has 1 saturated carbocycles. The van der Waals surface area contributed by atoms with Gasteiger partial charge in [0.25, 0.3) is 0 Å². The van der Waals surface area contributed by atoms with Gasteiger partial charge in [-0.2, -0.15) is 0 Å². The van der Waals surface area contributed by atoms with Crippen molar-refractivity contribution in [3.05, 3.63) is 15.4 Å². The number of hydrogen-bond acceptors (Lipinski definition) is 7. The van der Waals surface area contributed by atoms with Crippen molar-refractivity contribution in [1.82, 2.24) is 9.97 Å². The molecule has 25 heavy (non-hydrogen) atoms. The number of aromatic nitrogens is 2. The summed E-state index contributed by atoms with van der Waals surface area (Å²) < 4.78 is 31.5. The number of anilines is 1. The van der Waals surface area contributed by atoms with E-state index in [2.05, 4.69) is 47.1 Å². The fourth-order valence-corrected chi connectivity index (χ4v) is 2.99. The summed E-state index contributed by atoms with van der Waals surface area (Å²) in [6.07, 6.45) is 4.73. The predicted octanol–water partition coefficient (Wildman–Crippen LogP) is 3.52. The molecular weight excluding hydrogens is 456 g/mol. The van der Waals surface area contributed by atoms with Crippen LogP contribution in [0.15, 0.2) is 15.4 Å². The predicted molar refractivity (Wildman–Crippen MR) is 107 cm³/mol. The number of halogens is 2. The van der Waals surface area contributed by atoms with E-state index in [9.17, 15) is 4.79 Å². The zero-order valence-electron chi connectivity index (χ0n) is 16.4. The number of rotatable bonds is 5. The van der Waals surface area contributed by atoms with Crippen LogP contribution in [0.4, 0.5) is 5.82 Å². The molecule has 7 nitrogen and oxygen atoms in total. The summed E-state index contributed by atoms with van der Waals surface area (Å²) in [7, 11) is -2.24. The highest BCUT2D eigenvalue weighted by Gasteiger charge is 2.16. The maximum absolute atomic E-state index is 11.0. The molecule has 0 atom stereocenters. The van der Waals surface area contributed by atoms with Crippen molar-refractivity contribution in [2.24, 2.45) is 5.73 Å². The first-order valence-corrected chi connectivity index (χ1v) is 9.20. The van der Waals surface area contributed by atoms with Gasteiger partial charge in [-0.3, -0.25) is 4.79 Å². The Balaban J connectivity index is 0.000000514. The lowest BCUT2D eigenvalue weighted by Crippen LogP contribution is -2.29. The normalized spacial score (nSPS) is 21.4. The largest absolute Gasteiger partial charge is 0.465 e. The Labute approximate surface area is 170 Å². The monoisotopic (exact) mass is 485 g/mol. The molecule has 0 unspecified atom stereocenters. The fraction of sp³-hybridized carbons (Fsp3) is 0.688. The molecule has 0 aliphatic heterocycles. The van der Waals surface area contributed by atoms with Gasteiger partial charge < -0.3 is 20.5 Å². The Kier molecular flexibility index (Phi) is 10.2. The molecule has 0 amide bonds. The summed E-state index contributed by atoms with van der Waals surface area (Å²) in [4.78, 5) is 19.1. The SMILES string of the molecule is C.CCOC(=O)CNc1ncc(Br)nc1Br.[2H]C([2H])([2H])OC1CCC(N)CC1. The number of ether oxygens (including phenoxy) is 2. The number of nitrogens with two attached hydrogens (primary N) is 1. The van der Waals surface area contributed by atoms with Crippen molar-refractivity contribution in [2.75, 3.05) is 25.5 Å². The molecule has 3 N–H and O–H groups in total. The van der Waals surface area contributed by atoms with Crippen molar-refractivity contribution < 1.29 is 18.4 Å². The molecule has 0 aromatic carbocycles. The van der Waals surface area contributed by atoms with Crippen LogP contribution < -0.4 is 11.1 Å². The summed E-state index contributed by atoms with van der Waals surface area (Å²) in [5.41, 5.74) is 5.66. The molecule has 1 heterocycles. The van der Waals surface area contributed by atoms with E-state index in [0.717, 1.165) is 25.7 Å². The Morgan fingerprint density at radius 1 is 1.44 bits per heavy atom. The molecule has 1 fully saturated rings. The van der Waals surface area contributed by atoms with Crippen molar-refractivity contribution in [3.63, 3.8) is 0 Å². The van der Waals surface area contributed by atoms with Gasteiger partial charge in [0, 0.05) is 13.1 Å². The lowest BCUT2D eigenvalue weighted by atomic mass is 9.94. The van der Waals surface area contributed by atoms with Crippen LogP contribution in [0.3, 0.4) is 0 Å². The summed E-state index contributed by atoms with van der Waals surface area (Å²) in [6.45, 7) is 2.20. The van der Waals surface area contributed by atoms with E-state index in [1.807, 2.05) is 0 Å². The highest BCUT2D eigenvalue weighted by atomic mass is 79.9. The van der Waals surface area contributed by atoms with Crippen LogP contribution in [0, 0.1) is 0 Å². The minimum Gasteiger partial charge on any atom is -0.465 e. The van der Waals surface area contributed by atoms with Crippen LogP contribution in [0.1, 0.15) is 44.1 Å². The van der Waals surface area contributed by atoms with Gasteiger partial charge in [-0.1, -0.05) is 7.43 Å². The second-order valence-electron chi connectivity index (χ2n) is 5.15. The molecule has 1 aliphatic rings. The molecular formula is C16H28Br2N4O3. The molecule has 1 aromatic heterocycles. The average Bonchev–Trinajstić information content (AvgIpc) is 2.56. The Bertz CT molecular complexity index is 601. The van der Waals surface area contributed by atoms with Gasteiger partial charge in [0.05, 0.1) is 23.0 Å². The van der Waals surface area contributed by atoms with E-state index < -0.39 is 7.04 Å². The van der Waals surface area contributed by atoms with Crippen molar-refractivity contribution in [1.29, 1.82) is 0 Å². The van der Waals surface area contributed by atoms with Crippen LogP contribution in [-0.4, -0.2) is 48.3 Å². The topological polar surface area (TPSA) is 99.4 Å². The Morgan fingerprint density at radius 2 is 2.12 bits per heavy atom. The third-order valence-electron chi connectivity index (χ3n) is 3.29. The second kappa shape index (κ2) is 13.4. The summed E-state index contributed by atoms with van der Waals surface area (Å²) >= 11 is 6.40. The zero-order valence-corrected chi connectivity index (χ0v) is 16.6. The van der Waals surface area contributed by atoms with Gasteiger partial charge in [-0.15, -0.1) is 0 Å². The van der Waals surface area contributed by atoms with Crippen LogP contribution in [0.25, 0.3) is 0 Å². The number of carbonyl (C=O) groups excluding carboxylic acids is 1. The van der Waals surface area contributed by atoms with Crippen molar-refractivity contribution >= 4 is 43.6 Å². The van der Waals surface area contributed by atoms with E-state index >= 15 is 0 Å². The maximum atomic E-state index is 11.0. The van der Waals surface area contributed by atoms with E-state index in [4.69, 9.17) is 19.3 Å². The molecule has 0 spiro atoms. The Morgan fingerprint density at radius 3 is 2.68 bits per heavy atom. The molecule has 0 radical (unpaired) electrons. The first-order valence-electron chi connectivity index (χ1n) is 9.11. The number of nitrogens with one attached hydrogen (secondary N) is 1. The molecule has 1 aromatic rings. The maximum Gasteiger partial charge on any atom is 0.325 e. The molecule has 9 heteroatoms. The second-order valence-corrected chi connectivity index (χ2v) is 6.71. The van der Waals surface area contributed by atoms with Crippen LogP contribution in [0.5, 0.6) is 0 Å². The first kappa shape index (κ1) is 19.0. The quantitative estimate of drug-likeness (QED) is 0.614. The van der Waals surface area contributed by atoms with E-state index in [-0.39, 0.29) is 32.1 Å². The van der Waals surface area contributed by atoms with E-state index in [1.54, 1.807) is 6.92 Å². The smallest absolute Gasteiger partial charge is 0.325 e. The number of hydrogen-bond donors (Lipinski definition) is 2. The van der Waals surface area contributed by atoms with Gasteiger partial charge in [0.2, 0.25) is 0 Å². The molecule has 1 aliphatic carbocycles. The number of nitrogens with zero attached hydrogens (tertiary/aromatic N) is 2. The van der Waals surface area contributed by atoms with Gasteiger partial charge in [-0.25, -0.2) is 9.97 Å². The van der Waals surface area contributed by atoms with E-state index in [1.165, 1.54) is 6.20 Å². The molecule has 0 saturated heterocycles. The minimum atomic E-state index is -2.24. The van der Waals surface area contributed by atoms with E-state index in [0.29, 0.717) is 21.6 Å². The third kappa shape index (κ3) is 10.1. The summed E-state index contributed by atoms with van der Waals surface area (Å²) in [6, 6.07) is 0.237. The van der Waals surface area contributed by atoms with Gasteiger partial charge >= 0.3 is 5.97 Å². The van der Waals surface area contributed by atoms with Crippen LogP contribution in [0.2, 0.25) is 0 Å². The van der Waals surface area contributed by atoms with Gasteiger partial charge in [0.1, 0.15) is 15.8 Å². The molecule has 144 valence electrons. The standard InChI is InChI=1S/C8H9Br2N3O2.C7H15NO.CH4/c1-2-15-6(14)4-12-8-7(10)13-5(9)3-11-8;1-9-7-4-2-6(8)3-5-7;/h3H,2,4H2,1H3,(H,11,12);6-7H,2-5,8H2,1H3;1H4/i;1D3;.